The molecule has 12 heavy (non-hydrogen) atoms. The second-order valence-corrected chi connectivity index (χ2v) is 20.1. The van der Waals surface area contributed by atoms with E-state index in [0.29, 0.717) is 6.10 Å². The van der Waals surface area contributed by atoms with Crippen molar-refractivity contribution in [3.8, 4) is 0 Å². The summed E-state index contributed by atoms with van der Waals surface area (Å²) in [5.41, 5.74) is 0. The average Bonchev–Trinajstić information content (AvgIpc) is 1.80. The molecule has 1 saturated heterocycles. The Hall–Kier alpha value is 0.991. The minimum atomic E-state index is -1.24. The van der Waals surface area contributed by atoms with Crippen LogP contribution in [0.25, 0.3) is 0 Å². The number of hydrogen-bond acceptors (Lipinski definition) is 1. The molecular weight excluding hydrogens is 175 g/mol. The van der Waals surface area contributed by atoms with Gasteiger partial charge in [-0.3, -0.25) is 0 Å². The molecule has 1 nitrogen and oxygen atoms in total. The zero-order valence-corrected chi connectivity index (χ0v) is 10.4. The van der Waals surface area contributed by atoms with E-state index < -0.39 is 15.4 Å². The van der Waals surface area contributed by atoms with Gasteiger partial charge in [-0.05, 0) is 26.4 Å². The third kappa shape index (κ3) is 2.49. The zero-order chi connectivity index (χ0) is 8.70. The summed E-state index contributed by atoms with van der Waals surface area (Å²) >= 11 is 0. The van der Waals surface area contributed by atoms with Gasteiger partial charge in [0.2, 0.25) is 0 Å². The van der Waals surface area contributed by atoms with Crippen molar-refractivity contribution in [3.05, 3.63) is 0 Å². The molecule has 0 bridgehead atoms. The Morgan fingerprint density at radius 3 is 2.00 bits per heavy atom. The molecule has 0 aliphatic carbocycles. The van der Waals surface area contributed by atoms with Gasteiger partial charge in [0, 0.05) is 6.10 Å². The maximum absolute atomic E-state index is 6.09. The Morgan fingerprint density at radius 2 is 1.67 bits per heavy atom. The van der Waals surface area contributed by atoms with Gasteiger partial charge < -0.3 is 4.43 Å². The van der Waals surface area contributed by atoms with Crippen LogP contribution in [0, 0.1) is 0 Å². The van der Waals surface area contributed by atoms with Crippen LogP contribution >= 0.6 is 0 Å². The van der Waals surface area contributed by atoms with Gasteiger partial charge in [-0.25, -0.2) is 0 Å². The fourth-order valence-corrected chi connectivity index (χ4v) is 8.56. The summed E-state index contributed by atoms with van der Waals surface area (Å²) in [5, 5.41) is 0. The Bertz CT molecular complexity index is 159. The van der Waals surface area contributed by atoms with E-state index in [9.17, 15) is 0 Å². The van der Waals surface area contributed by atoms with E-state index in [1.165, 1.54) is 12.5 Å². The first-order chi connectivity index (χ1) is 4.85. The summed E-state index contributed by atoms with van der Waals surface area (Å²) in [4.78, 5) is 0. The Morgan fingerprint density at radius 1 is 1.17 bits per heavy atom. The van der Waals surface area contributed by atoms with Crippen molar-refractivity contribution in [3.63, 3.8) is 0 Å². The van der Waals surface area contributed by atoms with Crippen molar-refractivity contribution in [1.82, 2.24) is 0 Å². The van der Waals surface area contributed by atoms with Crippen molar-refractivity contribution >= 4 is 34.3 Å². The molecule has 4 heteroatoms. The molecular formula is C8H21LiOSi2. The molecule has 0 saturated carbocycles. The van der Waals surface area contributed by atoms with Crippen LogP contribution in [-0.2, 0) is 4.43 Å². The van der Waals surface area contributed by atoms with Crippen molar-refractivity contribution in [2.24, 2.45) is 0 Å². The number of hydrogen-bond donors (Lipinski definition) is 0. The average molecular weight is 196 g/mol. The topological polar surface area (TPSA) is 9.23 Å². The van der Waals surface area contributed by atoms with Crippen LogP contribution in [0.15, 0.2) is 0 Å². The summed E-state index contributed by atoms with van der Waals surface area (Å²) in [5.74, 6) is 0. The number of rotatable bonds is 0. The van der Waals surface area contributed by atoms with Crippen LogP contribution in [0.4, 0.5) is 0 Å². The summed E-state index contributed by atoms with van der Waals surface area (Å²) in [6.45, 7) is 12.0. The molecule has 0 aromatic heterocycles. The monoisotopic (exact) mass is 196 g/mol. The SMILES string of the molecule is CC1CC[Si](C)(C)[Si](C)(C)O1.[LiH]. The van der Waals surface area contributed by atoms with Gasteiger partial charge in [-0.1, -0.05) is 19.1 Å². The summed E-state index contributed by atoms with van der Waals surface area (Å²) < 4.78 is 6.09. The first-order valence-corrected chi connectivity index (χ1v) is 11.6. The summed E-state index contributed by atoms with van der Waals surface area (Å²) in [7, 11) is -2.19. The molecule has 0 amide bonds. The van der Waals surface area contributed by atoms with Gasteiger partial charge >= 0.3 is 18.9 Å². The standard InChI is InChI=1S/C8H20OSi2.Li.H/c1-8-6-7-10(2,3)11(4,5)9-8;;/h8H,6-7H2,1-5H3;;. The van der Waals surface area contributed by atoms with Crippen LogP contribution < -0.4 is 0 Å². The van der Waals surface area contributed by atoms with Gasteiger partial charge in [0.25, 0.3) is 0 Å². The Labute approximate surface area is 90.4 Å². The van der Waals surface area contributed by atoms with E-state index in [4.69, 9.17) is 4.43 Å². The third-order valence-electron chi connectivity index (χ3n) is 3.30. The van der Waals surface area contributed by atoms with Crippen molar-refractivity contribution < 1.29 is 4.43 Å². The van der Waals surface area contributed by atoms with E-state index in [0.717, 1.165) is 0 Å². The fraction of sp³-hybridized carbons (Fsp3) is 1.00. The van der Waals surface area contributed by atoms with Crippen LogP contribution in [0.5, 0.6) is 0 Å². The molecule has 0 aromatic rings. The van der Waals surface area contributed by atoms with E-state index in [2.05, 4.69) is 33.1 Å². The Balaban J connectivity index is 0.00000121. The van der Waals surface area contributed by atoms with E-state index in [1.807, 2.05) is 0 Å². The van der Waals surface area contributed by atoms with Crippen LogP contribution in [-0.4, -0.2) is 40.4 Å². The van der Waals surface area contributed by atoms with E-state index >= 15 is 0 Å². The first kappa shape index (κ1) is 13.0. The molecule has 1 fully saturated rings. The van der Waals surface area contributed by atoms with Gasteiger partial charge in [-0.2, -0.15) is 0 Å². The van der Waals surface area contributed by atoms with Gasteiger partial charge in [-0.15, -0.1) is 0 Å². The van der Waals surface area contributed by atoms with Gasteiger partial charge in [0.15, 0.2) is 7.83 Å². The van der Waals surface area contributed by atoms with Gasteiger partial charge in [0.05, 0.1) is 7.59 Å². The minimum absolute atomic E-state index is 0. The molecule has 1 aliphatic rings. The quantitative estimate of drug-likeness (QED) is 0.539. The van der Waals surface area contributed by atoms with Crippen LogP contribution in [0.2, 0.25) is 32.2 Å². The Kier molecular flexibility index (Phi) is 4.35. The second-order valence-electron chi connectivity index (χ2n) is 4.86. The maximum atomic E-state index is 6.09. The predicted octanol–water partition coefficient (Wildman–Crippen LogP) is 2.14. The van der Waals surface area contributed by atoms with Crippen LogP contribution in [0.1, 0.15) is 13.3 Å². The van der Waals surface area contributed by atoms with Crippen LogP contribution in [0.3, 0.4) is 0 Å². The summed E-state index contributed by atoms with van der Waals surface area (Å²) in [6, 6.07) is 1.48. The molecule has 0 radical (unpaired) electrons. The normalized spacial score (nSPS) is 32.2. The summed E-state index contributed by atoms with van der Waals surface area (Å²) in [6.07, 6.45) is 1.84. The van der Waals surface area contributed by atoms with Crippen molar-refractivity contribution in [2.45, 2.75) is 51.7 Å². The molecule has 1 rings (SSSR count). The fourth-order valence-electron chi connectivity index (χ4n) is 1.59. The first-order valence-electron chi connectivity index (χ1n) is 4.53. The molecule has 1 atom stereocenters. The zero-order valence-electron chi connectivity index (χ0n) is 8.40. The molecule has 0 aromatic carbocycles. The molecule has 0 spiro atoms. The molecule has 0 N–H and O–H groups in total. The molecule has 1 heterocycles. The second kappa shape index (κ2) is 4.02. The predicted molar refractivity (Wildman–Crippen MR) is 62.1 cm³/mol. The van der Waals surface area contributed by atoms with E-state index in [1.54, 1.807) is 0 Å². The third-order valence-corrected chi connectivity index (χ3v) is 20.0. The molecule has 1 aliphatic heterocycles. The molecule has 1 unspecified atom stereocenters. The molecule has 68 valence electrons. The van der Waals surface area contributed by atoms with Crippen molar-refractivity contribution in [1.29, 1.82) is 0 Å². The van der Waals surface area contributed by atoms with Crippen molar-refractivity contribution in [2.75, 3.05) is 0 Å². The van der Waals surface area contributed by atoms with E-state index in [-0.39, 0.29) is 18.9 Å². The van der Waals surface area contributed by atoms with Gasteiger partial charge in [0.1, 0.15) is 0 Å².